The van der Waals surface area contributed by atoms with Gasteiger partial charge in [0.2, 0.25) is 0 Å². The number of rotatable bonds is 4. The maximum absolute atomic E-state index is 12.1. The molecule has 0 aliphatic heterocycles. The van der Waals surface area contributed by atoms with E-state index in [0.717, 1.165) is 17.5 Å². The zero-order chi connectivity index (χ0) is 16.4. The Balaban J connectivity index is 2.11. The van der Waals surface area contributed by atoms with Crippen LogP contribution < -0.4 is 11.1 Å². The third kappa shape index (κ3) is 2.73. The van der Waals surface area contributed by atoms with Gasteiger partial charge in [0.25, 0.3) is 5.91 Å². The van der Waals surface area contributed by atoms with E-state index in [1.807, 2.05) is 38.4 Å². The van der Waals surface area contributed by atoms with Gasteiger partial charge >= 0.3 is 0 Å². The summed E-state index contributed by atoms with van der Waals surface area (Å²) >= 11 is 0. The molecule has 0 radical (unpaired) electrons. The lowest BCUT2D eigenvalue weighted by Gasteiger charge is -2.09. The minimum absolute atomic E-state index is 0.161. The van der Waals surface area contributed by atoms with Crippen molar-refractivity contribution in [2.45, 2.75) is 13.3 Å². The van der Waals surface area contributed by atoms with Crippen molar-refractivity contribution in [1.82, 2.24) is 25.3 Å². The largest absolute Gasteiger partial charge is 0.396 e. The van der Waals surface area contributed by atoms with Crippen LogP contribution in [0.15, 0.2) is 30.6 Å². The molecule has 3 aromatic rings. The van der Waals surface area contributed by atoms with Crippen LogP contribution in [-0.2, 0) is 7.05 Å². The molecule has 0 saturated carbocycles. The number of aromatic nitrogens is 4. The summed E-state index contributed by atoms with van der Waals surface area (Å²) in [5, 5.41) is 15.9. The molecule has 0 unspecified atom stereocenters. The van der Waals surface area contributed by atoms with Gasteiger partial charge in [0, 0.05) is 36.3 Å². The maximum Gasteiger partial charge on any atom is 0.273 e. The van der Waals surface area contributed by atoms with E-state index in [4.69, 9.17) is 5.73 Å². The van der Waals surface area contributed by atoms with E-state index >= 15 is 0 Å². The number of aryl methyl sites for hydroxylation is 1. The predicted octanol–water partition coefficient (Wildman–Crippen LogP) is 1.75. The summed E-state index contributed by atoms with van der Waals surface area (Å²) < 4.78 is 1.72. The topological polar surface area (TPSA) is 98.7 Å². The van der Waals surface area contributed by atoms with Crippen molar-refractivity contribution >= 4 is 22.5 Å². The van der Waals surface area contributed by atoms with Crippen molar-refractivity contribution in [3.05, 3.63) is 36.3 Å². The summed E-state index contributed by atoms with van der Waals surface area (Å²) in [6.45, 7) is 2.56. The van der Waals surface area contributed by atoms with Crippen molar-refractivity contribution in [3.8, 4) is 11.1 Å². The van der Waals surface area contributed by atoms with Gasteiger partial charge in [-0.2, -0.15) is 5.10 Å². The molecule has 3 rings (SSSR count). The Morgan fingerprint density at radius 2 is 2.17 bits per heavy atom. The Kier molecular flexibility index (Phi) is 3.92. The Morgan fingerprint density at radius 3 is 2.87 bits per heavy atom. The van der Waals surface area contributed by atoms with E-state index in [-0.39, 0.29) is 11.6 Å². The van der Waals surface area contributed by atoms with Crippen LogP contribution in [0.3, 0.4) is 0 Å². The van der Waals surface area contributed by atoms with Gasteiger partial charge < -0.3 is 11.1 Å². The lowest BCUT2D eigenvalue weighted by Crippen LogP contribution is -2.26. The van der Waals surface area contributed by atoms with Gasteiger partial charge in [-0.15, -0.1) is 10.2 Å². The zero-order valence-electron chi connectivity index (χ0n) is 13.1. The van der Waals surface area contributed by atoms with E-state index < -0.39 is 0 Å². The number of benzene rings is 1. The fourth-order valence-corrected chi connectivity index (χ4v) is 2.43. The second-order valence-electron chi connectivity index (χ2n) is 5.32. The smallest absolute Gasteiger partial charge is 0.273 e. The molecule has 2 aromatic heterocycles. The normalized spacial score (nSPS) is 10.9. The molecule has 1 amide bonds. The van der Waals surface area contributed by atoms with Gasteiger partial charge in [0.05, 0.1) is 11.9 Å². The molecule has 0 atom stereocenters. The van der Waals surface area contributed by atoms with Gasteiger partial charge in [-0.05, 0) is 6.42 Å². The number of nitrogens with one attached hydrogen (secondary N) is 1. The van der Waals surface area contributed by atoms with Crippen LogP contribution >= 0.6 is 0 Å². The third-order valence-corrected chi connectivity index (χ3v) is 3.60. The Labute approximate surface area is 133 Å². The Morgan fingerprint density at radius 1 is 1.35 bits per heavy atom. The second-order valence-corrected chi connectivity index (χ2v) is 5.32. The van der Waals surface area contributed by atoms with Gasteiger partial charge in [-0.1, -0.05) is 25.1 Å². The number of nitrogens with two attached hydrogens (primary N) is 1. The van der Waals surface area contributed by atoms with Crippen molar-refractivity contribution in [2.75, 3.05) is 12.3 Å². The highest BCUT2D eigenvalue weighted by atomic mass is 16.1. The van der Waals surface area contributed by atoms with Crippen LogP contribution in [0.25, 0.3) is 22.0 Å². The number of hydrogen-bond donors (Lipinski definition) is 2. The first-order chi connectivity index (χ1) is 11.1. The lowest BCUT2D eigenvalue weighted by molar-refractivity contribution is 0.0949. The van der Waals surface area contributed by atoms with E-state index in [0.29, 0.717) is 23.1 Å². The van der Waals surface area contributed by atoms with Crippen molar-refractivity contribution in [1.29, 1.82) is 0 Å². The number of amides is 1. The third-order valence-electron chi connectivity index (χ3n) is 3.60. The van der Waals surface area contributed by atoms with E-state index in [9.17, 15) is 4.79 Å². The molecule has 3 N–H and O–H groups in total. The lowest BCUT2D eigenvalue weighted by atomic mass is 10.0. The number of anilines is 1. The zero-order valence-corrected chi connectivity index (χ0v) is 13.1. The van der Waals surface area contributed by atoms with Crippen molar-refractivity contribution < 1.29 is 4.79 Å². The molecule has 2 heterocycles. The van der Waals surface area contributed by atoms with E-state index in [1.165, 1.54) is 0 Å². The quantitative estimate of drug-likeness (QED) is 0.765. The van der Waals surface area contributed by atoms with Gasteiger partial charge in [0.15, 0.2) is 5.69 Å². The summed E-state index contributed by atoms with van der Waals surface area (Å²) in [5.41, 5.74) is 9.13. The minimum atomic E-state index is -0.300. The van der Waals surface area contributed by atoms with Crippen LogP contribution in [0.5, 0.6) is 0 Å². The average molecular weight is 310 g/mol. The number of fused-ring (bicyclic) bond motifs is 1. The molecular weight excluding hydrogens is 292 g/mol. The number of carbonyl (C=O) groups excluding carboxylic acids is 1. The van der Waals surface area contributed by atoms with Crippen LogP contribution in [-0.4, -0.2) is 32.4 Å². The minimum Gasteiger partial charge on any atom is -0.396 e. The van der Waals surface area contributed by atoms with E-state index in [2.05, 4.69) is 20.6 Å². The predicted molar refractivity (Wildman–Crippen MR) is 88.8 cm³/mol. The van der Waals surface area contributed by atoms with Gasteiger partial charge in [-0.3, -0.25) is 9.48 Å². The molecule has 23 heavy (non-hydrogen) atoms. The summed E-state index contributed by atoms with van der Waals surface area (Å²) in [7, 11) is 1.85. The summed E-state index contributed by atoms with van der Waals surface area (Å²) in [6.07, 6.45) is 4.50. The van der Waals surface area contributed by atoms with E-state index in [1.54, 1.807) is 10.9 Å². The average Bonchev–Trinajstić information content (AvgIpc) is 2.99. The second kappa shape index (κ2) is 6.04. The highest BCUT2D eigenvalue weighted by Gasteiger charge is 2.17. The molecule has 7 heteroatoms. The molecule has 118 valence electrons. The van der Waals surface area contributed by atoms with Crippen LogP contribution in [0.2, 0.25) is 0 Å². The molecule has 0 aliphatic carbocycles. The molecule has 0 aliphatic rings. The van der Waals surface area contributed by atoms with Crippen LogP contribution in [0.4, 0.5) is 5.69 Å². The molecule has 0 bridgehead atoms. The summed E-state index contributed by atoms with van der Waals surface area (Å²) in [6, 6.07) is 5.66. The first-order valence-electron chi connectivity index (χ1n) is 7.44. The Bertz CT molecular complexity index is 870. The van der Waals surface area contributed by atoms with Crippen molar-refractivity contribution in [2.24, 2.45) is 7.05 Å². The molecule has 0 fully saturated rings. The molecular formula is C16H18N6O. The standard InChI is InChI=1S/C16H18N6O/c1-3-7-18-16(23)15-13(17)12-6-4-5-11(14(12)20-21-15)10-8-19-22(2)9-10/h4-6,8-9H,3,7H2,1-2H3,(H2,17,20)(H,18,23). The first-order valence-corrected chi connectivity index (χ1v) is 7.44. The first kappa shape index (κ1) is 15.0. The van der Waals surface area contributed by atoms with Crippen LogP contribution in [0.1, 0.15) is 23.8 Å². The number of carbonyl (C=O) groups is 1. The monoisotopic (exact) mass is 310 g/mol. The highest BCUT2D eigenvalue weighted by molar-refractivity contribution is 6.07. The van der Waals surface area contributed by atoms with Gasteiger partial charge in [0.1, 0.15) is 5.52 Å². The summed E-state index contributed by atoms with van der Waals surface area (Å²) in [4.78, 5) is 12.1. The Hall–Kier alpha value is -2.96. The molecule has 7 nitrogen and oxygen atoms in total. The molecule has 0 spiro atoms. The molecule has 0 saturated heterocycles. The van der Waals surface area contributed by atoms with Crippen LogP contribution in [0, 0.1) is 0 Å². The highest BCUT2D eigenvalue weighted by Crippen LogP contribution is 2.30. The number of hydrogen-bond acceptors (Lipinski definition) is 5. The maximum atomic E-state index is 12.1. The fraction of sp³-hybridized carbons (Fsp3) is 0.250. The SMILES string of the molecule is CCCNC(=O)c1nnc2c(-c3cnn(C)c3)cccc2c1N. The molecule has 1 aromatic carbocycles. The van der Waals surface area contributed by atoms with Gasteiger partial charge in [-0.25, -0.2) is 0 Å². The fourth-order valence-electron chi connectivity index (χ4n) is 2.43. The number of nitrogens with zero attached hydrogens (tertiary/aromatic N) is 4. The number of nitrogen functional groups attached to an aromatic ring is 1. The summed E-state index contributed by atoms with van der Waals surface area (Å²) in [5.74, 6) is -0.300. The van der Waals surface area contributed by atoms with Crippen molar-refractivity contribution in [3.63, 3.8) is 0 Å².